The molecular weight excluding hydrogens is 362 g/mol. The maximum atomic E-state index is 13.5. The van der Waals surface area contributed by atoms with E-state index < -0.39 is 0 Å². The molecule has 1 aliphatic rings. The monoisotopic (exact) mass is 391 g/mol. The Bertz CT molecular complexity index is 1020. The van der Waals surface area contributed by atoms with Gasteiger partial charge in [-0.15, -0.1) is 0 Å². The van der Waals surface area contributed by atoms with Crippen molar-refractivity contribution in [2.24, 2.45) is 5.73 Å². The Morgan fingerprint density at radius 3 is 2.52 bits per heavy atom. The molecule has 0 saturated carbocycles. The summed E-state index contributed by atoms with van der Waals surface area (Å²) in [6.45, 7) is 9.51. The lowest BCUT2D eigenvalue weighted by molar-refractivity contribution is 0.0791. The smallest absolute Gasteiger partial charge is 0.254 e. The zero-order valence-corrected chi connectivity index (χ0v) is 17.5. The Balaban J connectivity index is 1.72. The number of amides is 1. The quantitative estimate of drug-likeness (QED) is 0.736. The summed E-state index contributed by atoms with van der Waals surface area (Å²) in [6, 6.07) is 12.3. The predicted octanol–water partition coefficient (Wildman–Crippen LogP) is 3.70. The molecule has 2 aromatic heterocycles. The molecule has 0 radical (unpaired) electrons. The molecule has 4 rings (SSSR count). The molecule has 1 aromatic carbocycles. The van der Waals surface area contributed by atoms with Gasteiger partial charge >= 0.3 is 0 Å². The minimum absolute atomic E-state index is 0.0106. The molecule has 2 N–H and O–H groups in total. The minimum Gasteiger partial charge on any atom is -0.336 e. The molecular formula is C23H29N5O. The van der Waals surface area contributed by atoms with Crippen molar-refractivity contribution < 1.29 is 4.79 Å². The number of nitrogens with zero attached hydrogens (tertiary/aromatic N) is 4. The highest BCUT2D eigenvalue weighted by Crippen LogP contribution is 2.30. The fourth-order valence-electron chi connectivity index (χ4n) is 4.11. The number of aromatic nitrogens is 3. The first-order chi connectivity index (χ1) is 13.9. The summed E-state index contributed by atoms with van der Waals surface area (Å²) in [6.07, 6.45) is 1.77. The third kappa shape index (κ3) is 3.53. The number of pyridine rings is 1. The van der Waals surface area contributed by atoms with Crippen molar-refractivity contribution in [2.45, 2.75) is 51.6 Å². The molecule has 1 amide bonds. The Morgan fingerprint density at radius 2 is 1.86 bits per heavy atom. The van der Waals surface area contributed by atoms with Gasteiger partial charge in [0, 0.05) is 36.8 Å². The first-order valence-electron chi connectivity index (χ1n) is 10.3. The topological polar surface area (TPSA) is 77.0 Å². The Kier molecular flexibility index (Phi) is 5.13. The fraction of sp³-hybridized carbons (Fsp3) is 0.435. The van der Waals surface area contributed by atoms with Crippen LogP contribution in [0.15, 0.2) is 42.6 Å². The molecule has 6 nitrogen and oxygen atoms in total. The van der Waals surface area contributed by atoms with Gasteiger partial charge in [-0.05, 0) is 31.4 Å². The van der Waals surface area contributed by atoms with Crippen LogP contribution in [-0.2, 0) is 0 Å². The number of rotatable bonds is 4. The molecule has 29 heavy (non-hydrogen) atoms. The molecule has 0 unspecified atom stereocenters. The second-order valence-corrected chi connectivity index (χ2v) is 8.56. The summed E-state index contributed by atoms with van der Waals surface area (Å²) in [5.74, 6) is 0.385. The Morgan fingerprint density at radius 1 is 1.14 bits per heavy atom. The first kappa shape index (κ1) is 19.6. The minimum atomic E-state index is -0.0679. The summed E-state index contributed by atoms with van der Waals surface area (Å²) in [4.78, 5) is 20.2. The lowest BCUT2D eigenvalue weighted by atomic mass is 9.95. The summed E-state index contributed by atoms with van der Waals surface area (Å²) in [5, 5.41) is 5.31. The number of fused-ring (bicyclic) bond motifs is 1. The lowest BCUT2D eigenvalue weighted by Gasteiger charge is -2.18. The third-order valence-electron chi connectivity index (χ3n) is 5.78. The number of carbonyl (C=O) groups excluding carboxylic acids is 1. The number of carbonyl (C=O) groups is 1. The molecule has 0 aliphatic carbocycles. The van der Waals surface area contributed by atoms with Crippen LogP contribution in [0.3, 0.4) is 0 Å². The second kappa shape index (κ2) is 7.59. The molecule has 1 saturated heterocycles. The van der Waals surface area contributed by atoms with Crippen molar-refractivity contribution in [2.75, 3.05) is 13.1 Å². The van der Waals surface area contributed by atoms with Gasteiger partial charge < -0.3 is 10.6 Å². The second-order valence-electron chi connectivity index (χ2n) is 8.56. The molecule has 1 aliphatic heterocycles. The molecule has 2 atom stereocenters. The van der Waals surface area contributed by atoms with Gasteiger partial charge in [0.05, 0.1) is 17.1 Å². The first-order valence-corrected chi connectivity index (χ1v) is 10.3. The largest absolute Gasteiger partial charge is 0.336 e. The highest BCUT2D eigenvalue weighted by atomic mass is 16.2. The summed E-state index contributed by atoms with van der Waals surface area (Å²) in [7, 11) is 0. The van der Waals surface area contributed by atoms with Crippen LogP contribution in [0, 0.1) is 0 Å². The predicted molar refractivity (Wildman–Crippen MR) is 115 cm³/mol. The Hall–Kier alpha value is -2.73. The van der Waals surface area contributed by atoms with Gasteiger partial charge in [0.15, 0.2) is 5.65 Å². The number of likely N-dealkylation sites (tertiary alicyclic amines) is 1. The maximum Gasteiger partial charge on any atom is 0.254 e. The van der Waals surface area contributed by atoms with E-state index >= 15 is 0 Å². The molecule has 6 heteroatoms. The van der Waals surface area contributed by atoms with Crippen LogP contribution in [0.1, 0.15) is 67.2 Å². The van der Waals surface area contributed by atoms with Crippen molar-refractivity contribution in [3.8, 4) is 0 Å². The fourth-order valence-corrected chi connectivity index (χ4v) is 4.11. The third-order valence-corrected chi connectivity index (χ3v) is 5.78. The van der Waals surface area contributed by atoms with E-state index in [1.54, 1.807) is 6.20 Å². The lowest BCUT2D eigenvalue weighted by Crippen LogP contribution is -2.32. The van der Waals surface area contributed by atoms with Crippen LogP contribution >= 0.6 is 0 Å². The van der Waals surface area contributed by atoms with Gasteiger partial charge in [0.2, 0.25) is 0 Å². The van der Waals surface area contributed by atoms with Crippen molar-refractivity contribution in [1.82, 2.24) is 19.7 Å². The zero-order valence-electron chi connectivity index (χ0n) is 17.5. The van der Waals surface area contributed by atoms with E-state index in [4.69, 9.17) is 10.7 Å². The average Bonchev–Trinajstić information content (AvgIpc) is 3.31. The molecule has 152 valence electrons. The van der Waals surface area contributed by atoms with Crippen molar-refractivity contribution >= 4 is 16.9 Å². The Labute approximate surface area is 171 Å². The van der Waals surface area contributed by atoms with Crippen LogP contribution in [0.2, 0.25) is 0 Å². The number of nitrogens with two attached hydrogens (primary N) is 1. The van der Waals surface area contributed by atoms with Crippen molar-refractivity contribution in [3.05, 3.63) is 59.4 Å². The number of hydrogen-bond acceptors (Lipinski definition) is 4. The van der Waals surface area contributed by atoms with Gasteiger partial charge in [0.25, 0.3) is 5.91 Å². The van der Waals surface area contributed by atoms with E-state index in [2.05, 4.69) is 44.9 Å². The van der Waals surface area contributed by atoms with E-state index in [-0.39, 0.29) is 29.8 Å². The zero-order chi connectivity index (χ0) is 20.7. The molecule has 3 heterocycles. The highest BCUT2D eigenvalue weighted by Gasteiger charge is 2.35. The molecule has 1 fully saturated rings. The van der Waals surface area contributed by atoms with Crippen LogP contribution in [-0.4, -0.2) is 44.7 Å². The molecule has 3 aromatic rings. The number of benzene rings is 1. The summed E-state index contributed by atoms with van der Waals surface area (Å²) < 4.78 is 1.89. The highest BCUT2D eigenvalue weighted by molar-refractivity contribution is 6.05. The summed E-state index contributed by atoms with van der Waals surface area (Å²) >= 11 is 0. The number of hydrogen-bond donors (Lipinski definition) is 1. The van der Waals surface area contributed by atoms with Gasteiger partial charge in [-0.3, -0.25) is 4.79 Å². The van der Waals surface area contributed by atoms with Crippen molar-refractivity contribution in [3.63, 3.8) is 0 Å². The summed E-state index contributed by atoms with van der Waals surface area (Å²) in [5.41, 5.74) is 9.97. The molecule has 0 bridgehead atoms. The van der Waals surface area contributed by atoms with Gasteiger partial charge in [0.1, 0.15) is 0 Å². The van der Waals surface area contributed by atoms with Crippen LogP contribution in [0.5, 0.6) is 0 Å². The SMILES string of the molecule is CC(C)c1cc(C(=O)N2C[C@@H](N)[C@H](c3ccccc3)C2)c2cnn(C(C)C)c2n1. The van der Waals surface area contributed by atoms with E-state index in [0.29, 0.717) is 18.7 Å². The van der Waals surface area contributed by atoms with E-state index in [9.17, 15) is 4.79 Å². The maximum absolute atomic E-state index is 13.5. The van der Waals surface area contributed by atoms with Crippen molar-refractivity contribution in [1.29, 1.82) is 0 Å². The van der Waals surface area contributed by atoms with Crippen LogP contribution in [0.25, 0.3) is 11.0 Å². The van der Waals surface area contributed by atoms with Gasteiger partial charge in [-0.1, -0.05) is 44.2 Å². The van der Waals surface area contributed by atoms with E-state index in [0.717, 1.165) is 16.7 Å². The average molecular weight is 392 g/mol. The van der Waals surface area contributed by atoms with E-state index in [1.165, 1.54) is 5.56 Å². The van der Waals surface area contributed by atoms with Gasteiger partial charge in [-0.2, -0.15) is 5.10 Å². The standard InChI is InChI=1S/C23H29N5O/c1-14(2)21-10-17(18-11-25-28(15(3)4)22(18)26-21)23(29)27-12-19(20(24)13-27)16-8-6-5-7-9-16/h5-11,14-15,19-20H,12-13,24H2,1-4H3/t19-,20+/m0/s1. The van der Waals surface area contributed by atoms with E-state index in [1.807, 2.05) is 33.8 Å². The normalized spacial score (nSPS) is 19.6. The molecule has 0 spiro atoms. The van der Waals surface area contributed by atoms with Gasteiger partial charge in [-0.25, -0.2) is 9.67 Å². The van der Waals surface area contributed by atoms with Crippen LogP contribution < -0.4 is 5.73 Å². The van der Waals surface area contributed by atoms with Crippen LogP contribution in [0.4, 0.5) is 0 Å².